The summed E-state index contributed by atoms with van der Waals surface area (Å²) in [5.74, 6) is 0.837. The van der Waals surface area contributed by atoms with Gasteiger partial charge in [0, 0.05) is 29.8 Å². The first-order valence-electron chi connectivity index (χ1n) is 6.44. The molecule has 2 aromatic rings. The maximum Gasteiger partial charge on any atom is 0.135 e. The van der Waals surface area contributed by atoms with Gasteiger partial charge in [0.05, 0.1) is 12.3 Å². The first-order chi connectivity index (χ1) is 9.49. The Bertz CT molecular complexity index is 567. The summed E-state index contributed by atoms with van der Waals surface area (Å²) in [7, 11) is 1.68. The zero-order valence-corrected chi connectivity index (χ0v) is 13.1. The van der Waals surface area contributed by atoms with Crippen LogP contribution in [0, 0.1) is 0 Å². The minimum absolute atomic E-state index is 0.0860. The zero-order valence-electron chi connectivity index (χ0n) is 12.3. The molecule has 0 unspecified atom stereocenters. The van der Waals surface area contributed by atoms with Crippen LogP contribution in [-0.4, -0.2) is 22.1 Å². The molecule has 0 aliphatic heterocycles. The van der Waals surface area contributed by atoms with Crippen molar-refractivity contribution in [3.05, 3.63) is 42.1 Å². The summed E-state index contributed by atoms with van der Waals surface area (Å²) in [6.07, 6.45) is 3.56. The van der Waals surface area contributed by atoms with Crippen molar-refractivity contribution in [1.82, 2.24) is 15.0 Å². The number of hydrogen-bond donors (Lipinski definition) is 0. The fourth-order valence-electron chi connectivity index (χ4n) is 1.61. The van der Waals surface area contributed by atoms with Crippen LogP contribution in [0.2, 0.25) is 0 Å². The van der Waals surface area contributed by atoms with E-state index >= 15 is 0 Å². The van der Waals surface area contributed by atoms with E-state index in [-0.39, 0.29) is 5.41 Å². The van der Waals surface area contributed by atoms with E-state index in [0.717, 1.165) is 21.4 Å². The molecule has 0 N–H and O–H groups in total. The third kappa shape index (κ3) is 4.02. The summed E-state index contributed by atoms with van der Waals surface area (Å²) < 4.78 is 5.19. The molecule has 0 radical (unpaired) electrons. The Kier molecular flexibility index (Phi) is 4.73. The van der Waals surface area contributed by atoms with Crippen molar-refractivity contribution in [2.45, 2.75) is 42.7 Å². The first-order valence-corrected chi connectivity index (χ1v) is 7.26. The van der Waals surface area contributed by atoms with Crippen LogP contribution in [0.25, 0.3) is 0 Å². The second-order valence-electron chi connectivity index (χ2n) is 5.49. The average molecular weight is 289 g/mol. The van der Waals surface area contributed by atoms with Crippen molar-refractivity contribution in [2.75, 3.05) is 7.11 Å². The number of ether oxygens (including phenoxy) is 1. The molecule has 0 saturated carbocycles. The van der Waals surface area contributed by atoms with Crippen LogP contribution in [0.4, 0.5) is 0 Å². The number of hydrogen-bond acceptors (Lipinski definition) is 5. The van der Waals surface area contributed by atoms with Crippen LogP contribution in [0.1, 0.15) is 32.3 Å². The van der Waals surface area contributed by atoms with Gasteiger partial charge in [-0.1, -0.05) is 32.5 Å². The van der Waals surface area contributed by atoms with E-state index in [0.29, 0.717) is 6.61 Å². The molecular formula is C15H19N3OS. The molecule has 106 valence electrons. The Labute approximate surface area is 124 Å². The smallest absolute Gasteiger partial charge is 0.135 e. The van der Waals surface area contributed by atoms with Gasteiger partial charge in [-0.15, -0.1) is 0 Å². The summed E-state index contributed by atoms with van der Waals surface area (Å²) in [5.41, 5.74) is 0.820. The molecule has 0 spiro atoms. The highest BCUT2D eigenvalue weighted by Gasteiger charge is 2.19. The van der Waals surface area contributed by atoms with Crippen LogP contribution in [-0.2, 0) is 16.8 Å². The topological polar surface area (TPSA) is 47.9 Å². The number of rotatable bonds is 4. The lowest BCUT2D eigenvalue weighted by Crippen LogP contribution is -2.17. The van der Waals surface area contributed by atoms with Gasteiger partial charge < -0.3 is 4.74 Å². The zero-order chi connectivity index (χ0) is 14.6. The molecular weight excluding hydrogens is 270 g/mol. The highest BCUT2D eigenvalue weighted by Crippen LogP contribution is 2.28. The van der Waals surface area contributed by atoms with Crippen molar-refractivity contribution in [3.8, 4) is 0 Å². The van der Waals surface area contributed by atoms with Crippen LogP contribution in [0.15, 0.2) is 40.5 Å². The van der Waals surface area contributed by atoms with E-state index in [1.807, 2.05) is 18.2 Å². The summed E-state index contributed by atoms with van der Waals surface area (Å²) in [6.45, 7) is 6.83. The van der Waals surface area contributed by atoms with Gasteiger partial charge in [0.15, 0.2) is 0 Å². The quantitative estimate of drug-likeness (QED) is 0.807. The largest absolute Gasteiger partial charge is 0.378 e. The monoisotopic (exact) mass is 289 g/mol. The molecule has 20 heavy (non-hydrogen) atoms. The molecule has 0 saturated heterocycles. The van der Waals surface area contributed by atoms with Crippen LogP contribution < -0.4 is 0 Å². The van der Waals surface area contributed by atoms with Crippen LogP contribution in [0.5, 0.6) is 0 Å². The van der Waals surface area contributed by atoms with Gasteiger partial charge in [0.25, 0.3) is 0 Å². The van der Waals surface area contributed by atoms with Gasteiger partial charge in [0.2, 0.25) is 0 Å². The van der Waals surface area contributed by atoms with E-state index in [1.54, 1.807) is 31.3 Å². The second kappa shape index (κ2) is 6.33. The Morgan fingerprint density at radius 2 is 1.85 bits per heavy atom. The molecule has 0 aliphatic rings. The molecule has 0 aliphatic carbocycles. The maximum absolute atomic E-state index is 5.19. The number of aromatic nitrogens is 3. The SMILES string of the molecule is COCc1cc(Sc2ccncc2)nc(C(C)(C)C)n1. The van der Waals surface area contributed by atoms with Crippen molar-refractivity contribution in [1.29, 1.82) is 0 Å². The molecule has 4 nitrogen and oxygen atoms in total. The Balaban J connectivity index is 2.34. The fraction of sp³-hybridized carbons (Fsp3) is 0.400. The fourth-order valence-corrected chi connectivity index (χ4v) is 2.44. The third-order valence-corrected chi connectivity index (χ3v) is 3.52. The van der Waals surface area contributed by atoms with Gasteiger partial charge in [-0.25, -0.2) is 9.97 Å². The lowest BCUT2D eigenvalue weighted by Gasteiger charge is -2.18. The van der Waals surface area contributed by atoms with Crippen molar-refractivity contribution in [3.63, 3.8) is 0 Å². The molecule has 0 aromatic carbocycles. The molecule has 5 heteroatoms. The minimum atomic E-state index is -0.0860. The highest BCUT2D eigenvalue weighted by molar-refractivity contribution is 7.99. The molecule has 0 amide bonds. The molecule has 2 heterocycles. The summed E-state index contributed by atoms with van der Waals surface area (Å²) in [5, 5.41) is 0.933. The average Bonchev–Trinajstić information content (AvgIpc) is 2.39. The van der Waals surface area contributed by atoms with E-state index in [4.69, 9.17) is 4.74 Å². The van der Waals surface area contributed by atoms with Crippen molar-refractivity contribution in [2.24, 2.45) is 0 Å². The minimum Gasteiger partial charge on any atom is -0.378 e. The maximum atomic E-state index is 5.19. The number of methoxy groups -OCH3 is 1. The normalized spacial score (nSPS) is 11.6. The van der Waals surface area contributed by atoms with E-state index < -0.39 is 0 Å². The third-order valence-electron chi connectivity index (χ3n) is 2.59. The Hall–Kier alpha value is -1.46. The van der Waals surface area contributed by atoms with E-state index in [9.17, 15) is 0 Å². The van der Waals surface area contributed by atoms with Crippen molar-refractivity contribution >= 4 is 11.8 Å². The van der Waals surface area contributed by atoms with Gasteiger partial charge in [-0.3, -0.25) is 4.98 Å². The van der Waals surface area contributed by atoms with Crippen LogP contribution >= 0.6 is 11.8 Å². The summed E-state index contributed by atoms with van der Waals surface area (Å²) in [6, 6.07) is 5.92. The van der Waals surface area contributed by atoms with E-state index in [2.05, 4.69) is 35.7 Å². The lowest BCUT2D eigenvalue weighted by molar-refractivity contribution is 0.180. The van der Waals surface area contributed by atoms with Gasteiger partial charge in [0.1, 0.15) is 10.9 Å². The van der Waals surface area contributed by atoms with Crippen molar-refractivity contribution < 1.29 is 4.74 Å². The van der Waals surface area contributed by atoms with E-state index in [1.165, 1.54) is 0 Å². The van der Waals surface area contributed by atoms with Gasteiger partial charge in [-0.2, -0.15) is 0 Å². The number of pyridine rings is 1. The summed E-state index contributed by atoms with van der Waals surface area (Å²) >= 11 is 1.61. The second-order valence-corrected chi connectivity index (χ2v) is 6.58. The lowest BCUT2D eigenvalue weighted by atomic mass is 9.96. The Morgan fingerprint density at radius 1 is 1.15 bits per heavy atom. The molecule has 2 rings (SSSR count). The highest BCUT2D eigenvalue weighted by atomic mass is 32.2. The van der Waals surface area contributed by atoms with Crippen LogP contribution in [0.3, 0.4) is 0 Å². The molecule has 0 atom stereocenters. The van der Waals surface area contributed by atoms with Gasteiger partial charge in [-0.05, 0) is 18.2 Å². The summed E-state index contributed by atoms with van der Waals surface area (Å²) in [4.78, 5) is 14.4. The molecule has 0 fully saturated rings. The molecule has 2 aromatic heterocycles. The number of nitrogens with zero attached hydrogens (tertiary/aromatic N) is 3. The predicted octanol–water partition coefficient (Wildman–Crippen LogP) is 3.47. The molecule has 0 bridgehead atoms. The first kappa shape index (κ1) is 14.9. The predicted molar refractivity (Wildman–Crippen MR) is 79.8 cm³/mol. The Morgan fingerprint density at radius 3 is 2.45 bits per heavy atom. The van der Waals surface area contributed by atoms with Gasteiger partial charge >= 0.3 is 0 Å². The standard InChI is InChI=1S/C15H19N3OS/c1-15(2,3)14-17-11(10-19-4)9-13(18-14)20-12-5-7-16-8-6-12/h5-9H,10H2,1-4H3.